The van der Waals surface area contributed by atoms with E-state index in [0.717, 1.165) is 24.0 Å². The van der Waals surface area contributed by atoms with Crippen molar-refractivity contribution < 1.29 is 9.47 Å². The summed E-state index contributed by atoms with van der Waals surface area (Å²) >= 11 is 0. The van der Waals surface area contributed by atoms with E-state index in [9.17, 15) is 0 Å². The number of ether oxygens (including phenoxy) is 2. The molecular formula is C15H23NO2. The highest BCUT2D eigenvalue weighted by Crippen LogP contribution is 2.35. The first-order valence-electron chi connectivity index (χ1n) is 6.72. The van der Waals surface area contributed by atoms with Crippen LogP contribution in [0.25, 0.3) is 0 Å². The van der Waals surface area contributed by atoms with Gasteiger partial charge in [-0.3, -0.25) is 0 Å². The molecule has 1 aromatic carbocycles. The fraction of sp³-hybridized carbons (Fsp3) is 0.600. The molecule has 1 aliphatic rings. The smallest absolute Gasteiger partial charge is 0.123 e. The maximum absolute atomic E-state index is 5.38. The highest BCUT2D eigenvalue weighted by Gasteiger charge is 2.35. The van der Waals surface area contributed by atoms with Gasteiger partial charge in [0.1, 0.15) is 11.5 Å². The molecule has 3 nitrogen and oxygen atoms in total. The minimum atomic E-state index is 0.695. The molecule has 1 N–H and O–H groups in total. The third kappa shape index (κ3) is 3.16. The average molecular weight is 249 g/mol. The second kappa shape index (κ2) is 6.10. The van der Waals surface area contributed by atoms with Crippen LogP contribution < -0.4 is 14.8 Å². The van der Waals surface area contributed by atoms with Gasteiger partial charge < -0.3 is 14.8 Å². The van der Waals surface area contributed by atoms with Crippen LogP contribution in [0.2, 0.25) is 0 Å². The molecule has 18 heavy (non-hydrogen) atoms. The maximum Gasteiger partial charge on any atom is 0.123 e. The molecule has 0 bridgehead atoms. The van der Waals surface area contributed by atoms with Gasteiger partial charge in [-0.15, -0.1) is 0 Å². The quantitative estimate of drug-likeness (QED) is 0.806. The van der Waals surface area contributed by atoms with E-state index in [4.69, 9.17) is 9.47 Å². The van der Waals surface area contributed by atoms with Gasteiger partial charge in [0.25, 0.3) is 0 Å². The Morgan fingerprint density at radius 3 is 2.78 bits per heavy atom. The molecule has 100 valence electrons. The molecule has 0 heterocycles. The number of hydrogen-bond acceptors (Lipinski definition) is 3. The summed E-state index contributed by atoms with van der Waals surface area (Å²) in [5, 5.41) is 3.60. The molecule has 2 rings (SSSR count). The fourth-order valence-electron chi connectivity index (χ4n) is 2.45. The van der Waals surface area contributed by atoms with Crippen molar-refractivity contribution in [3.8, 4) is 11.5 Å². The van der Waals surface area contributed by atoms with E-state index in [-0.39, 0.29) is 0 Å². The van der Waals surface area contributed by atoms with E-state index >= 15 is 0 Å². The van der Waals surface area contributed by atoms with Crippen LogP contribution in [0, 0.1) is 5.92 Å². The minimum absolute atomic E-state index is 0.695. The standard InChI is InChI=1S/C15H23NO2/c1-4-5-11-9-14(11)16-10-12-8-13(17-2)6-7-15(12)18-3/h6-8,11,14,16H,4-5,9-10H2,1-3H3. The Morgan fingerprint density at radius 2 is 2.11 bits per heavy atom. The highest BCUT2D eigenvalue weighted by molar-refractivity contribution is 5.40. The molecule has 2 unspecified atom stereocenters. The van der Waals surface area contributed by atoms with Crippen LogP contribution in [0.4, 0.5) is 0 Å². The lowest BCUT2D eigenvalue weighted by atomic mass is 10.2. The summed E-state index contributed by atoms with van der Waals surface area (Å²) in [6.07, 6.45) is 3.94. The van der Waals surface area contributed by atoms with E-state index in [0.29, 0.717) is 6.04 Å². The Hall–Kier alpha value is -1.22. The van der Waals surface area contributed by atoms with Gasteiger partial charge in [0.2, 0.25) is 0 Å². The van der Waals surface area contributed by atoms with Crippen molar-refractivity contribution in [3.05, 3.63) is 23.8 Å². The molecule has 0 aliphatic heterocycles. The van der Waals surface area contributed by atoms with E-state index in [2.05, 4.69) is 12.2 Å². The van der Waals surface area contributed by atoms with Gasteiger partial charge in [-0.25, -0.2) is 0 Å². The zero-order valence-electron chi connectivity index (χ0n) is 11.5. The van der Waals surface area contributed by atoms with Crippen molar-refractivity contribution in [1.82, 2.24) is 5.32 Å². The molecule has 0 aromatic heterocycles. The van der Waals surface area contributed by atoms with Crippen LogP contribution in [-0.2, 0) is 6.54 Å². The van der Waals surface area contributed by atoms with Crippen molar-refractivity contribution in [3.63, 3.8) is 0 Å². The van der Waals surface area contributed by atoms with Gasteiger partial charge in [-0.1, -0.05) is 13.3 Å². The van der Waals surface area contributed by atoms with Gasteiger partial charge in [-0.2, -0.15) is 0 Å². The van der Waals surface area contributed by atoms with Crippen LogP contribution in [0.5, 0.6) is 11.5 Å². The molecule has 0 spiro atoms. The summed E-state index contributed by atoms with van der Waals surface area (Å²) in [6, 6.07) is 6.63. The highest BCUT2D eigenvalue weighted by atomic mass is 16.5. The molecular weight excluding hydrogens is 226 g/mol. The first-order valence-corrected chi connectivity index (χ1v) is 6.72. The molecule has 0 saturated heterocycles. The molecule has 1 aromatic rings. The van der Waals surface area contributed by atoms with Gasteiger partial charge in [-0.05, 0) is 37.0 Å². The first kappa shape index (κ1) is 13.2. The minimum Gasteiger partial charge on any atom is -0.497 e. The Labute approximate surface area is 109 Å². The van der Waals surface area contributed by atoms with Gasteiger partial charge >= 0.3 is 0 Å². The average Bonchev–Trinajstić information content (AvgIpc) is 3.15. The van der Waals surface area contributed by atoms with Crippen LogP contribution in [0.1, 0.15) is 31.7 Å². The summed E-state index contributed by atoms with van der Waals surface area (Å²) in [5.74, 6) is 2.69. The predicted molar refractivity (Wildman–Crippen MR) is 73.2 cm³/mol. The summed E-state index contributed by atoms with van der Waals surface area (Å²) in [5.41, 5.74) is 1.17. The topological polar surface area (TPSA) is 30.5 Å². The molecule has 2 atom stereocenters. The van der Waals surface area contributed by atoms with Crippen molar-refractivity contribution in [2.75, 3.05) is 14.2 Å². The maximum atomic E-state index is 5.38. The Balaban J connectivity index is 1.92. The van der Waals surface area contributed by atoms with Gasteiger partial charge in [0.15, 0.2) is 0 Å². The molecule has 0 amide bonds. The molecule has 1 fully saturated rings. The van der Waals surface area contributed by atoms with E-state index < -0.39 is 0 Å². The van der Waals surface area contributed by atoms with Crippen LogP contribution >= 0.6 is 0 Å². The van der Waals surface area contributed by atoms with Crippen molar-refractivity contribution in [1.29, 1.82) is 0 Å². The number of benzene rings is 1. The molecule has 0 radical (unpaired) electrons. The molecule has 1 aliphatic carbocycles. The van der Waals surface area contributed by atoms with E-state index in [1.165, 1.54) is 24.8 Å². The van der Waals surface area contributed by atoms with Gasteiger partial charge in [0.05, 0.1) is 14.2 Å². The van der Waals surface area contributed by atoms with E-state index in [1.807, 2.05) is 18.2 Å². The SMILES string of the molecule is CCCC1CC1NCc1cc(OC)ccc1OC. The lowest BCUT2D eigenvalue weighted by molar-refractivity contribution is 0.396. The zero-order valence-corrected chi connectivity index (χ0v) is 11.5. The molecule has 1 saturated carbocycles. The summed E-state index contributed by atoms with van der Waals surface area (Å²) in [4.78, 5) is 0. The third-order valence-corrected chi connectivity index (χ3v) is 3.62. The number of nitrogens with one attached hydrogen (secondary N) is 1. The summed E-state index contributed by atoms with van der Waals surface area (Å²) in [6.45, 7) is 3.10. The Morgan fingerprint density at radius 1 is 1.28 bits per heavy atom. The third-order valence-electron chi connectivity index (χ3n) is 3.62. The second-order valence-corrected chi connectivity index (χ2v) is 4.95. The van der Waals surface area contributed by atoms with Crippen molar-refractivity contribution >= 4 is 0 Å². The predicted octanol–water partition coefficient (Wildman–Crippen LogP) is 2.98. The summed E-state index contributed by atoms with van der Waals surface area (Å²) < 4.78 is 10.6. The van der Waals surface area contributed by atoms with Crippen LogP contribution in [0.15, 0.2) is 18.2 Å². The molecule has 3 heteroatoms. The number of hydrogen-bond donors (Lipinski definition) is 1. The van der Waals surface area contributed by atoms with E-state index in [1.54, 1.807) is 14.2 Å². The van der Waals surface area contributed by atoms with Gasteiger partial charge in [0, 0.05) is 18.2 Å². The van der Waals surface area contributed by atoms with Crippen LogP contribution in [0.3, 0.4) is 0 Å². The number of methoxy groups -OCH3 is 2. The van der Waals surface area contributed by atoms with Crippen molar-refractivity contribution in [2.45, 2.75) is 38.8 Å². The Kier molecular flexibility index (Phi) is 4.48. The van der Waals surface area contributed by atoms with Crippen molar-refractivity contribution in [2.24, 2.45) is 5.92 Å². The number of rotatable bonds is 7. The monoisotopic (exact) mass is 249 g/mol. The van der Waals surface area contributed by atoms with Crippen LogP contribution in [-0.4, -0.2) is 20.3 Å². The normalized spacial score (nSPS) is 21.7. The lowest BCUT2D eigenvalue weighted by Gasteiger charge is -2.11. The zero-order chi connectivity index (χ0) is 13.0. The second-order valence-electron chi connectivity index (χ2n) is 4.95. The first-order chi connectivity index (χ1) is 8.78. The Bertz CT molecular complexity index is 392. The largest absolute Gasteiger partial charge is 0.497 e. The fourth-order valence-corrected chi connectivity index (χ4v) is 2.45. The lowest BCUT2D eigenvalue weighted by Crippen LogP contribution is -2.18. The summed E-state index contributed by atoms with van der Waals surface area (Å²) in [7, 11) is 3.40.